The lowest BCUT2D eigenvalue weighted by Gasteiger charge is -2.40. The second-order valence-corrected chi connectivity index (χ2v) is 32.3. The standard InChI is InChI=1S/C43H46SSi3/c1-45(2,3)28-25-35-31-38(26-29-46(4,5)6)43(39(32-35)27-30-47(7,8)9)44(41-23-17-12-18-24-41)34-40(36-19-13-10-14-20-36)33-42(44)37-21-15-11-16-22-37/h10-24,31-34H,1-9H3. The summed E-state index contributed by atoms with van der Waals surface area (Å²) < 4.78 is 0. The second kappa shape index (κ2) is 13.6. The van der Waals surface area contributed by atoms with Gasteiger partial charge in [-0.05, 0) is 52.4 Å². The van der Waals surface area contributed by atoms with Gasteiger partial charge in [0, 0.05) is 31.4 Å². The molecule has 1 unspecified atom stereocenters. The highest BCUT2D eigenvalue weighted by molar-refractivity contribution is 8.43. The van der Waals surface area contributed by atoms with E-state index in [2.05, 4.69) is 208 Å². The summed E-state index contributed by atoms with van der Waals surface area (Å²) in [5.41, 5.74) is 17.9. The first-order valence-electron chi connectivity index (χ1n) is 16.4. The van der Waals surface area contributed by atoms with Gasteiger partial charge in [0.2, 0.25) is 0 Å². The van der Waals surface area contributed by atoms with Gasteiger partial charge >= 0.3 is 0 Å². The van der Waals surface area contributed by atoms with Crippen LogP contribution in [0, 0.1) is 34.4 Å². The first-order valence-corrected chi connectivity index (χ1v) is 28.5. The number of rotatable bonds is 4. The maximum Gasteiger partial charge on any atom is 0.129 e. The zero-order chi connectivity index (χ0) is 33.9. The molecular weight excluding hydrogens is 633 g/mol. The predicted octanol–water partition coefficient (Wildman–Crippen LogP) is 11.7. The van der Waals surface area contributed by atoms with Crippen molar-refractivity contribution in [3.05, 3.63) is 142 Å². The van der Waals surface area contributed by atoms with Crippen LogP contribution >= 0.6 is 10.0 Å². The molecule has 1 aliphatic rings. The lowest BCUT2D eigenvalue weighted by Crippen LogP contribution is -2.17. The van der Waals surface area contributed by atoms with Crippen LogP contribution in [0.1, 0.15) is 27.8 Å². The van der Waals surface area contributed by atoms with Crippen molar-refractivity contribution >= 4 is 44.7 Å². The average Bonchev–Trinajstić information content (AvgIpc) is 3.43. The van der Waals surface area contributed by atoms with Gasteiger partial charge in [-0.2, -0.15) is 0 Å². The molecule has 0 nitrogen and oxygen atoms in total. The third-order valence-electron chi connectivity index (χ3n) is 7.35. The minimum absolute atomic E-state index is 1.01. The SMILES string of the molecule is C[Si](C)(C)C#Cc1cc(C#C[Si](C)(C)C)c(S2(c3ccccc3)C=C(c3ccccc3)C=C2c2ccccc2)c(C#C[Si](C)(C)C)c1. The molecule has 0 fully saturated rings. The quantitative estimate of drug-likeness (QED) is 0.149. The van der Waals surface area contributed by atoms with E-state index in [0.29, 0.717) is 0 Å². The van der Waals surface area contributed by atoms with Crippen LogP contribution in [0.3, 0.4) is 0 Å². The third kappa shape index (κ3) is 8.50. The van der Waals surface area contributed by atoms with Crippen LogP contribution in [0.4, 0.5) is 0 Å². The van der Waals surface area contributed by atoms with Crippen molar-refractivity contribution in [2.24, 2.45) is 0 Å². The predicted molar refractivity (Wildman–Crippen MR) is 217 cm³/mol. The van der Waals surface area contributed by atoms with Gasteiger partial charge in [0.05, 0.1) is 0 Å². The van der Waals surface area contributed by atoms with Crippen molar-refractivity contribution in [3.63, 3.8) is 0 Å². The summed E-state index contributed by atoms with van der Waals surface area (Å²) in [7, 11) is -7.04. The molecule has 0 spiro atoms. The molecule has 236 valence electrons. The Labute approximate surface area is 288 Å². The molecule has 1 atom stereocenters. The monoisotopic (exact) mass is 678 g/mol. The van der Waals surface area contributed by atoms with Crippen LogP contribution in [0.2, 0.25) is 58.9 Å². The topological polar surface area (TPSA) is 0 Å². The minimum atomic E-state index is -1.98. The third-order valence-corrected chi connectivity index (χ3v) is 13.7. The Hall–Kier alpha value is -3.96. The Morgan fingerprint density at radius 1 is 0.489 bits per heavy atom. The normalized spacial score (nSPS) is 17.4. The Bertz CT molecular complexity index is 1970. The number of hydrogen-bond acceptors (Lipinski definition) is 0. The van der Waals surface area contributed by atoms with Crippen LogP contribution in [0.25, 0.3) is 10.5 Å². The molecule has 1 aliphatic heterocycles. The Morgan fingerprint density at radius 2 is 0.915 bits per heavy atom. The Kier molecular flexibility index (Phi) is 9.98. The summed E-state index contributed by atoms with van der Waals surface area (Å²) in [5, 5.41) is 2.56. The lowest BCUT2D eigenvalue weighted by atomic mass is 10.1. The maximum atomic E-state index is 3.79. The van der Waals surface area contributed by atoms with Gasteiger partial charge in [0.1, 0.15) is 24.2 Å². The van der Waals surface area contributed by atoms with E-state index in [0.717, 1.165) is 16.7 Å². The number of allylic oxidation sites excluding steroid dienone is 2. The van der Waals surface area contributed by atoms with Crippen LogP contribution < -0.4 is 0 Å². The van der Waals surface area contributed by atoms with Crippen LogP contribution in [0.15, 0.2) is 124 Å². The molecule has 0 bridgehead atoms. The molecule has 5 rings (SSSR count). The fourth-order valence-electron chi connectivity index (χ4n) is 5.30. The van der Waals surface area contributed by atoms with Crippen molar-refractivity contribution in [1.29, 1.82) is 0 Å². The molecule has 0 N–H and O–H groups in total. The summed E-state index contributed by atoms with van der Waals surface area (Å²) in [4.78, 5) is 3.84. The van der Waals surface area contributed by atoms with Crippen molar-refractivity contribution < 1.29 is 0 Å². The van der Waals surface area contributed by atoms with Gasteiger partial charge in [0.25, 0.3) is 0 Å². The highest BCUT2D eigenvalue weighted by atomic mass is 32.3. The molecule has 47 heavy (non-hydrogen) atoms. The van der Waals surface area contributed by atoms with E-state index < -0.39 is 34.2 Å². The van der Waals surface area contributed by atoms with Gasteiger partial charge in [-0.25, -0.2) is 0 Å². The van der Waals surface area contributed by atoms with E-state index in [1.165, 1.54) is 31.4 Å². The Morgan fingerprint density at radius 3 is 1.38 bits per heavy atom. The molecule has 0 aliphatic carbocycles. The maximum absolute atomic E-state index is 3.79. The summed E-state index contributed by atoms with van der Waals surface area (Å²) in [6.45, 7) is 20.8. The molecular formula is C43H46SSi3. The van der Waals surface area contributed by atoms with E-state index in [1.54, 1.807) is 0 Å². The molecule has 0 saturated carbocycles. The van der Waals surface area contributed by atoms with Gasteiger partial charge in [-0.3, -0.25) is 0 Å². The van der Waals surface area contributed by atoms with Crippen molar-refractivity contribution in [1.82, 2.24) is 0 Å². The minimum Gasteiger partial charge on any atom is -0.136 e. The summed E-state index contributed by atoms with van der Waals surface area (Å²) >= 11 is 0. The zero-order valence-corrected chi connectivity index (χ0v) is 33.2. The smallest absolute Gasteiger partial charge is 0.129 e. The Balaban J connectivity index is 2.01. The number of hydrogen-bond donors (Lipinski definition) is 0. The van der Waals surface area contributed by atoms with Crippen molar-refractivity contribution in [2.45, 2.75) is 68.7 Å². The lowest BCUT2D eigenvalue weighted by molar-refractivity contribution is 1.32. The van der Waals surface area contributed by atoms with Gasteiger partial charge in [-0.15, -0.1) is 26.7 Å². The van der Waals surface area contributed by atoms with Crippen LogP contribution in [-0.2, 0) is 0 Å². The van der Waals surface area contributed by atoms with Gasteiger partial charge in [0.15, 0.2) is 0 Å². The van der Waals surface area contributed by atoms with Crippen LogP contribution in [-0.4, -0.2) is 24.2 Å². The van der Waals surface area contributed by atoms with Crippen molar-refractivity contribution in [3.8, 4) is 34.4 Å². The molecule has 0 amide bonds. The van der Waals surface area contributed by atoms with E-state index in [-0.39, 0.29) is 0 Å². The van der Waals surface area contributed by atoms with E-state index in [9.17, 15) is 0 Å². The molecule has 0 aromatic heterocycles. The second-order valence-electron chi connectivity index (χ2n) is 15.2. The van der Waals surface area contributed by atoms with E-state index in [4.69, 9.17) is 0 Å². The first-order chi connectivity index (χ1) is 22.1. The summed E-state index contributed by atoms with van der Waals surface area (Å²) in [6.07, 6.45) is 2.43. The molecule has 4 aromatic carbocycles. The molecule has 1 heterocycles. The van der Waals surface area contributed by atoms with Gasteiger partial charge < -0.3 is 0 Å². The first kappa shape index (κ1) is 34.4. The molecule has 0 radical (unpaired) electrons. The zero-order valence-electron chi connectivity index (χ0n) is 29.4. The van der Waals surface area contributed by atoms with E-state index in [1.807, 2.05) is 0 Å². The largest absolute Gasteiger partial charge is 0.136 e. The molecule has 0 saturated heterocycles. The van der Waals surface area contributed by atoms with Crippen LogP contribution in [0.5, 0.6) is 0 Å². The average molecular weight is 679 g/mol. The summed E-state index contributed by atoms with van der Waals surface area (Å²) in [5.74, 6) is 11.2. The summed E-state index contributed by atoms with van der Waals surface area (Å²) in [6, 6.07) is 37.3. The fourth-order valence-corrected chi connectivity index (χ4v) is 10.8. The fraction of sp³-hybridized carbons (Fsp3) is 0.209. The van der Waals surface area contributed by atoms with Crippen molar-refractivity contribution in [2.75, 3.05) is 0 Å². The highest BCUT2D eigenvalue weighted by Gasteiger charge is 2.39. The van der Waals surface area contributed by atoms with Gasteiger partial charge in [-0.1, -0.05) is 156 Å². The highest BCUT2D eigenvalue weighted by Crippen LogP contribution is 2.77. The van der Waals surface area contributed by atoms with E-state index >= 15 is 0 Å². The molecule has 4 heteroatoms. The number of benzene rings is 4. The molecule has 4 aromatic rings.